The predicted octanol–water partition coefficient (Wildman–Crippen LogP) is 2.81. The highest BCUT2D eigenvalue weighted by atomic mass is 19.4. The highest BCUT2D eigenvalue weighted by molar-refractivity contribution is 5.55. The second-order valence-corrected chi connectivity index (χ2v) is 6.12. The van der Waals surface area contributed by atoms with Gasteiger partial charge in [-0.3, -0.25) is 9.80 Å². The number of phenols is 1. The van der Waals surface area contributed by atoms with Crippen LogP contribution >= 0.6 is 0 Å². The second-order valence-electron chi connectivity index (χ2n) is 6.12. The fourth-order valence-corrected chi connectivity index (χ4v) is 2.46. The molecule has 0 spiro atoms. The van der Waals surface area contributed by atoms with Crippen molar-refractivity contribution in [2.24, 2.45) is 11.7 Å². The Morgan fingerprint density at radius 3 is 2.28 bits per heavy atom. The monoisotopic (exact) mass is 414 g/mol. The standard InChI is InChI=1S/C17H19F3N2O2.C2H6N2O/c1-3-11-5-4-6-15(22(2)21)13(11)10-24-16-8-7-12(23)9-14(16)17(18,19)20;1-4(3)2-5/h4-9,23H,3,10,21H2,1-2H3;2H,3H2,1H3. The van der Waals surface area contributed by atoms with E-state index >= 15 is 0 Å². The Morgan fingerprint density at radius 1 is 1.17 bits per heavy atom. The van der Waals surface area contributed by atoms with E-state index < -0.39 is 17.5 Å². The van der Waals surface area contributed by atoms with Gasteiger partial charge in [-0.2, -0.15) is 13.2 Å². The Bertz CT molecular complexity index is 812. The first-order valence-electron chi connectivity index (χ1n) is 8.56. The molecule has 0 aliphatic carbocycles. The highest BCUT2D eigenvalue weighted by Crippen LogP contribution is 2.38. The number of nitrogens with two attached hydrogens (primary N) is 2. The summed E-state index contributed by atoms with van der Waals surface area (Å²) in [7, 11) is 3.12. The second kappa shape index (κ2) is 10.5. The lowest BCUT2D eigenvalue weighted by molar-refractivity contribution is -0.139. The van der Waals surface area contributed by atoms with Crippen molar-refractivity contribution in [1.29, 1.82) is 0 Å². The molecule has 0 radical (unpaired) electrons. The zero-order valence-electron chi connectivity index (χ0n) is 16.4. The first-order chi connectivity index (χ1) is 13.5. The molecule has 0 bridgehead atoms. The summed E-state index contributed by atoms with van der Waals surface area (Å²) < 4.78 is 44.7. The maximum atomic E-state index is 13.1. The van der Waals surface area contributed by atoms with Crippen molar-refractivity contribution in [2.45, 2.75) is 26.1 Å². The Hall–Kier alpha value is -2.98. The van der Waals surface area contributed by atoms with Crippen molar-refractivity contribution in [2.75, 3.05) is 19.1 Å². The number of carbonyl (C=O) groups excluding carboxylic acids is 1. The highest BCUT2D eigenvalue weighted by Gasteiger charge is 2.35. The molecule has 0 heterocycles. The van der Waals surface area contributed by atoms with E-state index in [2.05, 4.69) is 0 Å². The molecule has 2 rings (SSSR count). The average molecular weight is 414 g/mol. The normalized spacial score (nSPS) is 10.6. The molecule has 0 atom stereocenters. The molecule has 5 N–H and O–H groups in total. The summed E-state index contributed by atoms with van der Waals surface area (Å²) >= 11 is 0. The average Bonchev–Trinajstić information content (AvgIpc) is 2.66. The number of aromatic hydroxyl groups is 1. The van der Waals surface area contributed by atoms with Crippen LogP contribution in [-0.2, 0) is 24.0 Å². The van der Waals surface area contributed by atoms with Crippen LogP contribution in [0, 0.1) is 0 Å². The third-order valence-corrected chi connectivity index (χ3v) is 3.82. The number of hydrazine groups is 2. The fraction of sp³-hybridized carbons (Fsp3) is 0.316. The largest absolute Gasteiger partial charge is 0.508 e. The summed E-state index contributed by atoms with van der Waals surface area (Å²) in [6.45, 7) is 1.88. The van der Waals surface area contributed by atoms with Crippen molar-refractivity contribution in [1.82, 2.24) is 5.01 Å². The quantitative estimate of drug-likeness (QED) is 0.291. The van der Waals surface area contributed by atoms with Gasteiger partial charge in [-0.25, -0.2) is 11.7 Å². The van der Waals surface area contributed by atoms with Crippen LogP contribution < -0.4 is 21.4 Å². The number of halogens is 3. The molecule has 0 aromatic heterocycles. The molecule has 1 amide bonds. The Kier molecular flexibility index (Phi) is 8.74. The molecule has 0 fully saturated rings. The van der Waals surface area contributed by atoms with Gasteiger partial charge in [0.15, 0.2) is 0 Å². The molecule has 2 aromatic rings. The van der Waals surface area contributed by atoms with E-state index in [4.69, 9.17) is 16.4 Å². The number of phenolic OH excluding ortho intramolecular Hbond substituents is 1. The van der Waals surface area contributed by atoms with Crippen molar-refractivity contribution in [3.05, 3.63) is 53.1 Å². The molecule has 0 saturated heterocycles. The van der Waals surface area contributed by atoms with Crippen molar-refractivity contribution < 1.29 is 27.8 Å². The number of amides is 1. The van der Waals surface area contributed by atoms with Gasteiger partial charge in [0.1, 0.15) is 23.7 Å². The smallest absolute Gasteiger partial charge is 0.420 e. The molecule has 0 unspecified atom stereocenters. The maximum absolute atomic E-state index is 13.1. The molecular weight excluding hydrogens is 389 g/mol. The van der Waals surface area contributed by atoms with Gasteiger partial charge in [0.25, 0.3) is 0 Å². The number of hydrogen-bond acceptors (Lipinski definition) is 6. The molecule has 0 saturated carbocycles. The topological polar surface area (TPSA) is 105 Å². The lowest BCUT2D eigenvalue weighted by atomic mass is 10.0. The minimum atomic E-state index is -4.62. The molecular formula is C19H25F3N4O3. The van der Waals surface area contributed by atoms with E-state index in [1.165, 1.54) is 12.1 Å². The van der Waals surface area contributed by atoms with E-state index in [0.717, 1.165) is 28.3 Å². The lowest BCUT2D eigenvalue weighted by Gasteiger charge is -2.21. The summed E-state index contributed by atoms with van der Waals surface area (Å²) in [6, 6.07) is 8.41. The molecule has 29 heavy (non-hydrogen) atoms. The minimum Gasteiger partial charge on any atom is -0.508 e. The summed E-state index contributed by atoms with van der Waals surface area (Å²) in [5.41, 5.74) is 1.34. The number of ether oxygens (including phenoxy) is 1. The number of alkyl halides is 3. The van der Waals surface area contributed by atoms with Crippen LogP contribution in [0.2, 0.25) is 0 Å². The number of hydrogen-bond donors (Lipinski definition) is 3. The number of nitrogens with zero attached hydrogens (tertiary/aromatic N) is 2. The van der Waals surface area contributed by atoms with Crippen LogP contribution in [0.25, 0.3) is 0 Å². The Balaban J connectivity index is 0.000000749. The third-order valence-electron chi connectivity index (χ3n) is 3.82. The number of carbonyl (C=O) groups is 1. The van der Waals surface area contributed by atoms with Crippen LogP contribution in [0.15, 0.2) is 36.4 Å². The van der Waals surface area contributed by atoms with Gasteiger partial charge in [0.05, 0.1) is 5.69 Å². The first kappa shape index (κ1) is 24.1. The molecule has 7 nitrogen and oxygen atoms in total. The van der Waals surface area contributed by atoms with Crippen LogP contribution in [-0.4, -0.2) is 30.6 Å². The Morgan fingerprint density at radius 2 is 1.79 bits per heavy atom. The van der Waals surface area contributed by atoms with Gasteiger partial charge >= 0.3 is 6.18 Å². The van der Waals surface area contributed by atoms with Gasteiger partial charge in [0, 0.05) is 19.7 Å². The minimum absolute atomic E-state index is 0.0608. The van der Waals surface area contributed by atoms with Crippen LogP contribution in [0.3, 0.4) is 0 Å². The summed E-state index contributed by atoms with van der Waals surface area (Å²) in [5, 5.41) is 11.7. The predicted molar refractivity (Wildman–Crippen MR) is 104 cm³/mol. The number of aryl methyl sites for hydroxylation is 1. The number of benzene rings is 2. The Labute approximate surface area is 167 Å². The molecule has 2 aromatic carbocycles. The van der Waals surface area contributed by atoms with Gasteiger partial charge in [-0.05, 0) is 36.2 Å². The van der Waals surface area contributed by atoms with E-state index in [9.17, 15) is 23.1 Å². The number of anilines is 1. The zero-order valence-corrected chi connectivity index (χ0v) is 16.4. The van der Waals surface area contributed by atoms with Gasteiger partial charge in [0.2, 0.25) is 6.41 Å². The van der Waals surface area contributed by atoms with Crippen molar-refractivity contribution in [3.63, 3.8) is 0 Å². The zero-order chi connectivity index (χ0) is 22.2. The maximum Gasteiger partial charge on any atom is 0.420 e. The van der Waals surface area contributed by atoms with Gasteiger partial charge in [-0.1, -0.05) is 19.1 Å². The van der Waals surface area contributed by atoms with Crippen LogP contribution in [0.1, 0.15) is 23.6 Å². The summed E-state index contributed by atoms with van der Waals surface area (Å²) in [5.74, 6) is 9.74. The van der Waals surface area contributed by atoms with E-state index in [1.54, 1.807) is 13.1 Å². The molecule has 0 aliphatic rings. The SMILES string of the molecule is CCc1cccc(N(C)N)c1COc1ccc(O)cc1C(F)(F)F.CN(N)C=O. The van der Waals surface area contributed by atoms with Crippen molar-refractivity contribution in [3.8, 4) is 11.5 Å². The van der Waals surface area contributed by atoms with Gasteiger partial charge < -0.3 is 14.9 Å². The van der Waals surface area contributed by atoms with Crippen molar-refractivity contribution >= 4 is 12.1 Å². The van der Waals surface area contributed by atoms with E-state index in [-0.39, 0.29) is 12.4 Å². The van der Waals surface area contributed by atoms with Gasteiger partial charge in [-0.15, -0.1) is 0 Å². The lowest BCUT2D eigenvalue weighted by Crippen LogP contribution is -2.27. The van der Waals surface area contributed by atoms with E-state index in [1.807, 2.05) is 19.1 Å². The van der Waals surface area contributed by atoms with E-state index in [0.29, 0.717) is 24.6 Å². The molecule has 10 heteroatoms. The first-order valence-corrected chi connectivity index (χ1v) is 8.56. The summed E-state index contributed by atoms with van der Waals surface area (Å²) in [4.78, 5) is 9.31. The molecule has 0 aliphatic heterocycles. The fourth-order valence-electron chi connectivity index (χ4n) is 2.46. The third kappa shape index (κ3) is 7.16. The van der Waals surface area contributed by atoms with Crippen LogP contribution in [0.4, 0.5) is 18.9 Å². The van der Waals surface area contributed by atoms with Crippen LogP contribution in [0.5, 0.6) is 11.5 Å². The molecule has 160 valence electrons. The number of rotatable bonds is 6. The summed E-state index contributed by atoms with van der Waals surface area (Å²) in [6.07, 6.45) is -3.39.